The summed E-state index contributed by atoms with van der Waals surface area (Å²) >= 11 is 5.42. The Kier molecular flexibility index (Phi) is 8.20. The van der Waals surface area contributed by atoms with Gasteiger partial charge in [-0.3, -0.25) is 24.6 Å². The summed E-state index contributed by atoms with van der Waals surface area (Å²) in [5.74, 6) is -7.66. The number of aliphatic hydroxyl groups excluding tert-OH is 2. The lowest BCUT2D eigenvalue weighted by Gasteiger charge is -2.50. The molecule has 3 aromatic carbocycles. The van der Waals surface area contributed by atoms with E-state index < -0.39 is 64.1 Å². The number of anilines is 1. The minimum absolute atomic E-state index is 0.0266. The second-order valence-corrected chi connectivity index (χ2v) is 13.8. The lowest BCUT2D eigenvalue weighted by atomic mass is 9.57. The number of benzene rings is 3. The van der Waals surface area contributed by atoms with Crippen LogP contribution in [0.3, 0.4) is 0 Å². The maximum absolute atomic E-state index is 14.1. The molecule has 0 heterocycles. The zero-order chi connectivity index (χ0) is 36.5. The van der Waals surface area contributed by atoms with Crippen molar-refractivity contribution in [3.8, 4) is 16.9 Å². The van der Waals surface area contributed by atoms with Crippen molar-refractivity contribution in [1.82, 2.24) is 10.2 Å². The second-order valence-electron chi connectivity index (χ2n) is 13.4. The van der Waals surface area contributed by atoms with Gasteiger partial charge in [0, 0.05) is 23.1 Å². The van der Waals surface area contributed by atoms with Gasteiger partial charge in [-0.1, -0.05) is 48.5 Å². The first-order valence-corrected chi connectivity index (χ1v) is 16.6. The number of nitrogens with zero attached hydrogens (tertiary/aromatic N) is 1. The number of primary amides is 1. The standard InChI is InChI=1S/C37H34N4O9S/c1-41(2)29-23-14-16-13-21-24(11-12-25(42)27(21)30(43)26(16)32(45)37(23,49)33(46)28(31(29)44)34(38)47)39-35(51)40-36(48)50-15-22-19-9-5-3-7-17(19)18-8-4-6-10-20(18)22/h3-12,16,22-23,29,42-43,46,49H,13-15H2,1-2H3,(H2,38,47)(H2,39,40,48,51)/t16?,23?,29-,37-/m0/s1. The van der Waals surface area contributed by atoms with Crippen molar-refractivity contribution in [3.63, 3.8) is 0 Å². The number of likely N-dealkylation sites (N-methyl/N-ethyl adjacent to an activating group) is 1. The number of nitrogens with one attached hydrogen (secondary N) is 2. The van der Waals surface area contributed by atoms with E-state index in [0.717, 1.165) is 22.3 Å². The third-order valence-electron chi connectivity index (χ3n) is 10.4. The normalized spacial score (nSPS) is 23.6. The molecule has 7 rings (SSSR count). The molecule has 2 amide bonds. The van der Waals surface area contributed by atoms with Gasteiger partial charge >= 0.3 is 6.09 Å². The Bertz CT molecular complexity index is 2100. The number of rotatable bonds is 5. The van der Waals surface area contributed by atoms with Crippen LogP contribution in [-0.4, -0.2) is 86.4 Å². The van der Waals surface area contributed by atoms with Crippen LogP contribution in [0, 0.1) is 11.8 Å². The zero-order valence-corrected chi connectivity index (χ0v) is 28.3. The fraction of sp³-hybridized carbons (Fsp3) is 0.270. The number of phenols is 1. The highest BCUT2D eigenvalue weighted by Crippen LogP contribution is 2.53. The summed E-state index contributed by atoms with van der Waals surface area (Å²) in [6.07, 6.45) is -0.855. The third-order valence-corrected chi connectivity index (χ3v) is 10.6. The van der Waals surface area contributed by atoms with Crippen LogP contribution in [0.2, 0.25) is 0 Å². The van der Waals surface area contributed by atoms with E-state index in [2.05, 4.69) is 10.6 Å². The number of thiocarbonyl (C=S) groups is 1. The molecule has 4 aliphatic carbocycles. The molecule has 1 saturated carbocycles. The number of fused-ring (bicyclic) bond motifs is 6. The van der Waals surface area contributed by atoms with Gasteiger partial charge in [-0.25, -0.2) is 4.79 Å². The lowest BCUT2D eigenvalue weighted by Crippen LogP contribution is -2.65. The fourth-order valence-corrected chi connectivity index (χ4v) is 8.44. The predicted octanol–water partition coefficient (Wildman–Crippen LogP) is 3.20. The number of aliphatic hydroxyl groups is 3. The lowest BCUT2D eigenvalue weighted by molar-refractivity contribution is -0.153. The van der Waals surface area contributed by atoms with E-state index in [1.165, 1.54) is 31.1 Å². The van der Waals surface area contributed by atoms with Crippen molar-refractivity contribution in [2.75, 3.05) is 26.0 Å². The van der Waals surface area contributed by atoms with E-state index >= 15 is 0 Å². The molecule has 0 aliphatic heterocycles. The molecule has 0 aromatic heterocycles. The fourth-order valence-electron chi connectivity index (χ4n) is 8.24. The molecule has 8 N–H and O–H groups in total. The monoisotopic (exact) mass is 710 g/mol. The summed E-state index contributed by atoms with van der Waals surface area (Å²) in [6.45, 7) is 0.0594. The van der Waals surface area contributed by atoms with Crippen LogP contribution >= 0.6 is 12.2 Å². The van der Waals surface area contributed by atoms with Crippen molar-refractivity contribution in [1.29, 1.82) is 0 Å². The van der Waals surface area contributed by atoms with Gasteiger partial charge in [0.2, 0.25) is 5.78 Å². The number of carbonyl (C=O) groups excluding carboxylic acids is 4. The van der Waals surface area contributed by atoms with Crippen LogP contribution in [0.4, 0.5) is 10.5 Å². The van der Waals surface area contributed by atoms with Crippen LogP contribution in [0.25, 0.3) is 16.9 Å². The molecule has 0 radical (unpaired) electrons. The van der Waals surface area contributed by atoms with Gasteiger partial charge in [0.1, 0.15) is 29.4 Å². The van der Waals surface area contributed by atoms with Gasteiger partial charge in [0.25, 0.3) is 5.91 Å². The van der Waals surface area contributed by atoms with Gasteiger partial charge in [0.05, 0.1) is 11.6 Å². The smallest absolute Gasteiger partial charge is 0.413 e. The third kappa shape index (κ3) is 5.17. The molecule has 0 bridgehead atoms. The highest BCUT2D eigenvalue weighted by atomic mass is 32.1. The molecule has 3 aromatic rings. The Morgan fingerprint density at radius 2 is 1.63 bits per heavy atom. The van der Waals surface area contributed by atoms with Crippen LogP contribution in [0.15, 0.2) is 77.6 Å². The number of Topliss-reactive ketones (excluding diaryl/α,β-unsaturated/α-hetero) is 2. The van der Waals surface area contributed by atoms with Crippen LogP contribution in [-0.2, 0) is 25.5 Å². The van der Waals surface area contributed by atoms with Crippen molar-refractivity contribution < 1.29 is 44.3 Å². The van der Waals surface area contributed by atoms with E-state index in [9.17, 15) is 39.6 Å². The molecular weight excluding hydrogens is 676 g/mol. The summed E-state index contributed by atoms with van der Waals surface area (Å²) in [6, 6.07) is 17.4. The number of ether oxygens (including phenoxy) is 1. The minimum Gasteiger partial charge on any atom is -0.508 e. The molecule has 1 fully saturated rings. The molecule has 0 spiro atoms. The number of nitrogens with two attached hydrogens (primary N) is 1. The van der Waals surface area contributed by atoms with Gasteiger partial charge in [-0.2, -0.15) is 0 Å². The van der Waals surface area contributed by atoms with Crippen molar-refractivity contribution >= 4 is 52.3 Å². The molecular formula is C37H34N4O9S. The first kappa shape index (κ1) is 33.9. The van der Waals surface area contributed by atoms with E-state index in [-0.39, 0.29) is 47.4 Å². The van der Waals surface area contributed by atoms with Crippen LogP contribution in [0.1, 0.15) is 34.6 Å². The highest BCUT2D eigenvalue weighted by molar-refractivity contribution is 7.80. The Morgan fingerprint density at radius 3 is 2.24 bits per heavy atom. The first-order chi connectivity index (χ1) is 24.2. The summed E-state index contributed by atoms with van der Waals surface area (Å²) in [4.78, 5) is 53.9. The van der Waals surface area contributed by atoms with Crippen molar-refractivity contribution in [3.05, 3.63) is 99.8 Å². The van der Waals surface area contributed by atoms with E-state index in [1.807, 2.05) is 48.5 Å². The SMILES string of the molecule is CN(C)[C@@H]1C(=O)C(C(N)=O)=C(O)[C@@]2(O)C(=O)C3=C(O)c4c(O)ccc(NC(=S)NC(=O)OCC5c6ccccc6-c6ccccc65)c4CC3CC12. The molecule has 2 unspecified atom stereocenters. The average Bonchev–Trinajstić information content (AvgIpc) is 3.40. The Hall–Kier alpha value is -5.57. The maximum Gasteiger partial charge on any atom is 0.413 e. The van der Waals surface area contributed by atoms with Gasteiger partial charge in [-0.15, -0.1) is 0 Å². The second kappa shape index (κ2) is 12.3. The summed E-state index contributed by atoms with van der Waals surface area (Å²) < 4.78 is 5.60. The average molecular weight is 711 g/mol. The number of alkyl carbamates (subject to hydrolysis) is 1. The molecule has 262 valence electrons. The minimum atomic E-state index is -2.75. The Labute approximate surface area is 297 Å². The van der Waals surface area contributed by atoms with Gasteiger partial charge in [-0.05, 0) is 85.0 Å². The number of amides is 2. The number of hydrogen-bond donors (Lipinski definition) is 7. The molecule has 51 heavy (non-hydrogen) atoms. The van der Waals surface area contributed by atoms with E-state index in [4.69, 9.17) is 22.7 Å². The number of hydrogen-bond acceptors (Lipinski definition) is 11. The molecule has 4 atom stereocenters. The van der Waals surface area contributed by atoms with Crippen molar-refractivity contribution in [2.24, 2.45) is 17.6 Å². The first-order valence-electron chi connectivity index (χ1n) is 16.2. The van der Waals surface area contributed by atoms with Crippen LogP contribution < -0.4 is 16.4 Å². The molecule has 14 heteroatoms. The quantitative estimate of drug-likeness (QED) is 0.116. The van der Waals surface area contributed by atoms with E-state index in [1.54, 1.807) is 0 Å². The Balaban J connectivity index is 1.13. The van der Waals surface area contributed by atoms with Crippen molar-refractivity contribution in [2.45, 2.75) is 30.4 Å². The van der Waals surface area contributed by atoms with Gasteiger partial charge in [0.15, 0.2) is 16.5 Å². The molecule has 13 nitrogen and oxygen atoms in total. The molecule has 0 saturated heterocycles. The number of phenolic OH excluding ortho intramolecular Hbond substituents is 1. The number of carbonyl (C=O) groups is 4. The Morgan fingerprint density at radius 1 is 1.00 bits per heavy atom. The summed E-state index contributed by atoms with van der Waals surface area (Å²) in [7, 11) is 3.05. The van der Waals surface area contributed by atoms with Gasteiger partial charge < -0.3 is 36.2 Å². The number of aromatic hydroxyl groups is 1. The number of ketones is 2. The summed E-state index contributed by atoms with van der Waals surface area (Å²) in [5, 5.41) is 50.4. The van der Waals surface area contributed by atoms with E-state index in [0.29, 0.717) is 11.3 Å². The largest absolute Gasteiger partial charge is 0.508 e. The zero-order valence-electron chi connectivity index (χ0n) is 27.5. The topological polar surface area (TPSA) is 212 Å². The predicted molar refractivity (Wildman–Crippen MR) is 189 cm³/mol. The highest BCUT2D eigenvalue weighted by Gasteiger charge is 2.64. The van der Waals surface area contributed by atoms with Crippen LogP contribution in [0.5, 0.6) is 5.75 Å². The maximum atomic E-state index is 14.1. The summed E-state index contributed by atoms with van der Waals surface area (Å²) in [5.41, 5.74) is 6.24. The molecule has 4 aliphatic rings.